The van der Waals surface area contributed by atoms with Crippen LogP contribution in [0.25, 0.3) is 0 Å². The van der Waals surface area contributed by atoms with Gasteiger partial charge in [0.1, 0.15) is 0 Å². The maximum Gasteiger partial charge on any atom is 0.337 e. The van der Waals surface area contributed by atoms with E-state index in [0.29, 0.717) is 34.6 Å². The molecule has 1 aliphatic heterocycles. The highest BCUT2D eigenvalue weighted by Crippen LogP contribution is 2.34. The zero-order valence-electron chi connectivity index (χ0n) is 14.2. The second kappa shape index (κ2) is 8.11. The minimum atomic E-state index is -0.387. The molecule has 0 atom stereocenters. The van der Waals surface area contributed by atoms with E-state index in [1.165, 1.54) is 7.11 Å². The van der Waals surface area contributed by atoms with Crippen LogP contribution in [-0.2, 0) is 4.74 Å². The van der Waals surface area contributed by atoms with Crippen molar-refractivity contribution in [3.05, 3.63) is 58.7 Å². The summed E-state index contributed by atoms with van der Waals surface area (Å²) >= 11 is 0. The van der Waals surface area contributed by atoms with Crippen molar-refractivity contribution in [1.29, 1.82) is 0 Å². The van der Waals surface area contributed by atoms with Crippen molar-refractivity contribution in [3.8, 4) is 35.2 Å². The van der Waals surface area contributed by atoms with Crippen LogP contribution in [0.4, 0.5) is 0 Å². The van der Waals surface area contributed by atoms with Crippen molar-refractivity contribution < 1.29 is 24.1 Å². The number of fused-ring (bicyclic) bond motifs is 1. The summed E-state index contributed by atoms with van der Waals surface area (Å²) in [5.41, 5.74) is 2.64. The van der Waals surface area contributed by atoms with Gasteiger partial charge in [0, 0.05) is 35.2 Å². The molecule has 5 nitrogen and oxygen atoms in total. The Labute approximate surface area is 151 Å². The Morgan fingerprint density at radius 3 is 2.35 bits per heavy atom. The van der Waals surface area contributed by atoms with Crippen LogP contribution >= 0.6 is 0 Å². The second-order valence-electron chi connectivity index (χ2n) is 5.35. The lowest BCUT2D eigenvalue weighted by Gasteiger charge is -2.01. The van der Waals surface area contributed by atoms with E-state index >= 15 is 0 Å². The van der Waals surface area contributed by atoms with Gasteiger partial charge in [0.25, 0.3) is 0 Å². The Kier molecular flexibility index (Phi) is 5.43. The van der Waals surface area contributed by atoms with E-state index in [0.717, 1.165) is 5.56 Å². The maximum atomic E-state index is 11.5. The molecule has 0 radical (unpaired) electrons. The van der Waals surface area contributed by atoms with Gasteiger partial charge in [0.05, 0.1) is 19.3 Å². The molecule has 0 unspecified atom stereocenters. The molecular formula is C21H16O5. The largest absolute Gasteiger partial charge is 0.465 e. The first kappa shape index (κ1) is 17.4. The molecule has 0 fully saturated rings. The molecule has 0 bridgehead atoms. The van der Waals surface area contributed by atoms with Gasteiger partial charge in [-0.15, -0.1) is 0 Å². The van der Waals surface area contributed by atoms with Crippen molar-refractivity contribution in [3.63, 3.8) is 0 Å². The fourth-order valence-corrected chi connectivity index (χ4v) is 2.31. The number of benzene rings is 2. The predicted molar refractivity (Wildman–Crippen MR) is 94.9 cm³/mol. The van der Waals surface area contributed by atoms with Gasteiger partial charge in [-0.1, -0.05) is 23.7 Å². The summed E-state index contributed by atoms with van der Waals surface area (Å²) in [5.74, 6) is 12.9. The van der Waals surface area contributed by atoms with Crippen molar-refractivity contribution in [2.75, 3.05) is 20.5 Å². The van der Waals surface area contributed by atoms with Crippen molar-refractivity contribution in [1.82, 2.24) is 0 Å². The van der Waals surface area contributed by atoms with Crippen molar-refractivity contribution in [2.24, 2.45) is 0 Å². The van der Waals surface area contributed by atoms with Gasteiger partial charge in [0.2, 0.25) is 6.79 Å². The third-order valence-corrected chi connectivity index (χ3v) is 3.62. The predicted octanol–water partition coefficient (Wildman–Crippen LogP) is 2.34. The van der Waals surface area contributed by atoms with Crippen LogP contribution in [0.5, 0.6) is 11.5 Å². The highest BCUT2D eigenvalue weighted by atomic mass is 16.7. The summed E-state index contributed by atoms with van der Waals surface area (Å²) in [6.07, 6.45) is 0.385. The smallest absolute Gasteiger partial charge is 0.337 e. The number of rotatable bonds is 2. The molecule has 1 N–H and O–H groups in total. The number of carbonyl (C=O) groups excluding carboxylic acids is 1. The third kappa shape index (κ3) is 3.97. The molecular weight excluding hydrogens is 332 g/mol. The standard InChI is InChI=1S/C21H16O5/c1-24-21(23)16-8-5-15(6-9-16)7-10-18-13-20-19(25-14-26-20)12-17(18)4-2-3-11-22/h5-6,8-9,12-13,22H,3,11,14H2,1H3. The van der Waals surface area contributed by atoms with Crippen LogP contribution in [0.15, 0.2) is 36.4 Å². The molecule has 130 valence electrons. The molecule has 0 saturated carbocycles. The third-order valence-electron chi connectivity index (χ3n) is 3.62. The molecule has 2 aromatic carbocycles. The molecule has 1 aliphatic rings. The van der Waals surface area contributed by atoms with E-state index in [4.69, 9.17) is 14.6 Å². The average molecular weight is 348 g/mol. The fourth-order valence-electron chi connectivity index (χ4n) is 2.31. The molecule has 3 rings (SSSR count). The van der Waals surface area contributed by atoms with E-state index in [1.807, 2.05) is 0 Å². The number of carbonyl (C=O) groups is 1. The Hall–Kier alpha value is -3.41. The molecule has 0 aromatic heterocycles. The average Bonchev–Trinajstić information content (AvgIpc) is 3.13. The van der Waals surface area contributed by atoms with Crippen LogP contribution in [0, 0.1) is 23.7 Å². The van der Waals surface area contributed by atoms with Gasteiger partial charge < -0.3 is 19.3 Å². The number of aliphatic hydroxyl groups excluding tert-OH is 1. The topological polar surface area (TPSA) is 65.0 Å². The van der Waals surface area contributed by atoms with Crippen molar-refractivity contribution in [2.45, 2.75) is 6.42 Å². The maximum absolute atomic E-state index is 11.5. The van der Waals surface area contributed by atoms with E-state index in [-0.39, 0.29) is 19.4 Å². The first-order chi connectivity index (χ1) is 12.7. The molecule has 1 heterocycles. The minimum Gasteiger partial charge on any atom is -0.465 e. The quantitative estimate of drug-likeness (QED) is 0.667. The van der Waals surface area contributed by atoms with Crippen LogP contribution in [-0.4, -0.2) is 31.6 Å². The molecule has 0 spiro atoms. The highest BCUT2D eigenvalue weighted by molar-refractivity contribution is 5.89. The van der Waals surface area contributed by atoms with E-state index in [9.17, 15) is 4.79 Å². The molecule has 0 saturated heterocycles. The highest BCUT2D eigenvalue weighted by Gasteiger charge is 2.15. The first-order valence-corrected chi connectivity index (χ1v) is 7.95. The van der Waals surface area contributed by atoms with Gasteiger partial charge in [-0.25, -0.2) is 4.79 Å². The van der Waals surface area contributed by atoms with Crippen LogP contribution in [0.3, 0.4) is 0 Å². The SMILES string of the molecule is COC(=O)c1ccc(C#Cc2cc3c(cc2C#CCCO)OCO3)cc1. The second-order valence-corrected chi connectivity index (χ2v) is 5.35. The lowest BCUT2D eigenvalue weighted by atomic mass is 10.1. The number of hydrogen-bond acceptors (Lipinski definition) is 5. The van der Waals surface area contributed by atoms with Crippen LogP contribution in [0.2, 0.25) is 0 Å². The molecule has 0 amide bonds. The van der Waals surface area contributed by atoms with Gasteiger partial charge in [-0.05, 0) is 24.3 Å². The Bertz CT molecular complexity index is 937. The van der Waals surface area contributed by atoms with Crippen LogP contribution in [0.1, 0.15) is 33.5 Å². The summed E-state index contributed by atoms with van der Waals surface area (Å²) in [6.45, 7) is 0.176. The first-order valence-electron chi connectivity index (χ1n) is 7.95. The summed E-state index contributed by atoms with van der Waals surface area (Å²) in [5, 5.41) is 8.89. The number of aliphatic hydroxyl groups is 1. The number of hydrogen-bond donors (Lipinski definition) is 1. The number of ether oxygens (including phenoxy) is 3. The zero-order valence-corrected chi connectivity index (χ0v) is 14.2. The molecule has 2 aromatic rings. The lowest BCUT2D eigenvalue weighted by molar-refractivity contribution is 0.0600. The van der Waals surface area contributed by atoms with Gasteiger partial charge >= 0.3 is 5.97 Å². The zero-order chi connectivity index (χ0) is 18.4. The molecule has 26 heavy (non-hydrogen) atoms. The Morgan fingerprint density at radius 1 is 1.08 bits per heavy atom. The summed E-state index contributed by atoms with van der Waals surface area (Å²) in [7, 11) is 1.34. The number of esters is 1. The summed E-state index contributed by atoms with van der Waals surface area (Å²) in [4.78, 5) is 11.5. The van der Waals surface area contributed by atoms with E-state index in [1.54, 1.807) is 36.4 Å². The molecule has 0 aliphatic carbocycles. The van der Waals surface area contributed by atoms with Gasteiger partial charge in [-0.2, -0.15) is 0 Å². The summed E-state index contributed by atoms with van der Waals surface area (Å²) < 4.78 is 15.5. The normalized spacial score (nSPS) is 11.0. The fraction of sp³-hybridized carbons (Fsp3) is 0.190. The number of methoxy groups -OCH3 is 1. The van der Waals surface area contributed by atoms with Gasteiger partial charge in [-0.3, -0.25) is 0 Å². The van der Waals surface area contributed by atoms with Crippen LogP contribution < -0.4 is 9.47 Å². The minimum absolute atomic E-state index is 0.00507. The Morgan fingerprint density at radius 2 is 1.73 bits per heavy atom. The molecule has 5 heteroatoms. The van der Waals surface area contributed by atoms with E-state index in [2.05, 4.69) is 28.4 Å². The van der Waals surface area contributed by atoms with Gasteiger partial charge in [0.15, 0.2) is 11.5 Å². The van der Waals surface area contributed by atoms with E-state index < -0.39 is 0 Å². The summed E-state index contributed by atoms with van der Waals surface area (Å²) in [6, 6.07) is 10.4. The monoisotopic (exact) mass is 348 g/mol. The lowest BCUT2D eigenvalue weighted by Crippen LogP contribution is -2.00. The van der Waals surface area contributed by atoms with Crippen molar-refractivity contribution >= 4 is 5.97 Å². The Balaban J connectivity index is 1.91.